The molecule has 0 spiro atoms. The molecule has 1 aliphatic heterocycles. The number of aliphatic hydroxyl groups excluding tert-OH is 1. The zero-order valence-electron chi connectivity index (χ0n) is 14.4. The maximum atomic E-state index is 12.5. The summed E-state index contributed by atoms with van der Waals surface area (Å²) in [7, 11) is 0. The minimum absolute atomic E-state index is 0.0448. The highest BCUT2D eigenvalue weighted by molar-refractivity contribution is 5.74. The number of likely N-dealkylation sites (tertiary alicyclic amines) is 1. The van der Waals surface area contributed by atoms with Gasteiger partial charge in [0, 0.05) is 19.1 Å². The first-order valence-corrected chi connectivity index (χ1v) is 8.87. The van der Waals surface area contributed by atoms with Crippen molar-refractivity contribution in [2.75, 3.05) is 13.1 Å². The zero-order chi connectivity index (χ0) is 16.7. The third-order valence-corrected chi connectivity index (χ3v) is 4.80. The maximum absolute atomic E-state index is 12.5. The molecule has 2 amide bonds. The first-order chi connectivity index (χ1) is 11.1. The van der Waals surface area contributed by atoms with Crippen LogP contribution in [0.2, 0.25) is 0 Å². The van der Waals surface area contributed by atoms with Gasteiger partial charge >= 0.3 is 6.03 Å². The summed E-state index contributed by atoms with van der Waals surface area (Å²) in [6.07, 6.45) is 4.44. The fourth-order valence-electron chi connectivity index (χ4n) is 3.32. The number of aliphatic hydroxyl groups is 1. The Balaban J connectivity index is 1.86. The van der Waals surface area contributed by atoms with Gasteiger partial charge in [-0.3, -0.25) is 0 Å². The molecule has 1 saturated heterocycles. The predicted molar refractivity (Wildman–Crippen MR) is 93.4 cm³/mol. The molecule has 2 unspecified atom stereocenters. The molecular weight excluding hydrogens is 288 g/mol. The molecule has 2 rings (SSSR count). The molecule has 0 aromatic heterocycles. The van der Waals surface area contributed by atoms with E-state index in [2.05, 4.69) is 24.4 Å². The van der Waals surface area contributed by atoms with Crippen LogP contribution in [0.5, 0.6) is 0 Å². The molecular formula is C19H30N2O2. The average molecular weight is 318 g/mol. The highest BCUT2D eigenvalue weighted by Crippen LogP contribution is 2.20. The van der Waals surface area contributed by atoms with Crippen LogP contribution in [0.15, 0.2) is 30.3 Å². The van der Waals surface area contributed by atoms with Gasteiger partial charge in [0.25, 0.3) is 0 Å². The third kappa shape index (κ3) is 5.54. The number of nitrogens with zero attached hydrogens (tertiary/aromatic N) is 1. The molecule has 0 radical (unpaired) electrons. The summed E-state index contributed by atoms with van der Waals surface area (Å²) in [5.41, 5.74) is 1.26. The lowest BCUT2D eigenvalue weighted by Gasteiger charge is -2.34. The topological polar surface area (TPSA) is 52.6 Å². The number of amides is 2. The number of benzene rings is 1. The lowest BCUT2D eigenvalue weighted by Crippen LogP contribution is -2.49. The van der Waals surface area contributed by atoms with Gasteiger partial charge in [-0.25, -0.2) is 4.79 Å². The average Bonchev–Trinajstić information content (AvgIpc) is 2.56. The van der Waals surface area contributed by atoms with Crippen molar-refractivity contribution in [3.63, 3.8) is 0 Å². The van der Waals surface area contributed by atoms with E-state index < -0.39 is 0 Å². The predicted octanol–water partition coefficient (Wildman–Crippen LogP) is 3.20. The van der Waals surface area contributed by atoms with E-state index in [1.807, 2.05) is 30.0 Å². The van der Waals surface area contributed by atoms with Crippen molar-refractivity contribution >= 4 is 6.03 Å². The van der Waals surface area contributed by atoms with E-state index in [4.69, 9.17) is 0 Å². The number of hydrogen-bond acceptors (Lipinski definition) is 2. The Morgan fingerprint density at radius 2 is 1.96 bits per heavy atom. The normalized spacial score (nSPS) is 18.5. The Bertz CT molecular complexity index is 468. The van der Waals surface area contributed by atoms with Crippen molar-refractivity contribution < 1.29 is 9.90 Å². The molecule has 1 aromatic carbocycles. The summed E-state index contributed by atoms with van der Waals surface area (Å²) in [6.45, 7) is 5.48. The molecule has 1 heterocycles. The second-order valence-electron chi connectivity index (χ2n) is 6.69. The highest BCUT2D eigenvalue weighted by atomic mass is 16.3. The lowest BCUT2D eigenvalue weighted by molar-refractivity contribution is 0.0792. The van der Waals surface area contributed by atoms with Crippen molar-refractivity contribution in [3.05, 3.63) is 35.9 Å². The van der Waals surface area contributed by atoms with Gasteiger partial charge in [0.1, 0.15) is 0 Å². The van der Waals surface area contributed by atoms with Crippen LogP contribution in [0.25, 0.3) is 0 Å². The number of carbonyl (C=O) groups excluding carboxylic acids is 1. The maximum Gasteiger partial charge on any atom is 0.317 e. The first-order valence-electron chi connectivity index (χ1n) is 8.87. The SMILES string of the molecule is CCCC(Cc1ccccc1)NC(=O)N1CCC(C(C)O)CC1. The van der Waals surface area contributed by atoms with E-state index in [0.717, 1.165) is 45.2 Å². The van der Waals surface area contributed by atoms with E-state index in [1.54, 1.807) is 0 Å². The summed E-state index contributed by atoms with van der Waals surface area (Å²) in [5.74, 6) is 0.329. The minimum atomic E-state index is -0.272. The number of carbonyl (C=O) groups is 1. The number of rotatable bonds is 6. The minimum Gasteiger partial charge on any atom is -0.393 e. The smallest absolute Gasteiger partial charge is 0.317 e. The second-order valence-corrected chi connectivity index (χ2v) is 6.69. The van der Waals surface area contributed by atoms with Gasteiger partial charge in [-0.2, -0.15) is 0 Å². The lowest BCUT2D eigenvalue weighted by atomic mass is 9.92. The van der Waals surface area contributed by atoms with Crippen LogP contribution in [0.4, 0.5) is 4.79 Å². The zero-order valence-corrected chi connectivity index (χ0v) is 14.4. The van der Waals surface area contributed by atoms with Gasteiger partial charge in [-0.15, -0.1) is 0 Å². The molecule has 128 valence electrons. The molecule has 2 N–H and O–H groups in total. The van der Waals surface area contributed by atoms with Crippen molar-refractivity contribution in [1.82, 2.24) is 10.2 Å². The van der Waals surface area contributed by atoms with Gasteiger partial charge < -0.3 is 15.3 Å². The summed E-state index contributed by atoms with van der Waals surface area (Å²) < 4.78 is 0. The first kappa shape index (κ1) is 17.8. The van der Waals surface area contributed by atoms with Crippen LogP contribution in [0.3, 0.4) is 0 Å². The standard InChI is InChI=1S/C19H30N2O2/c1-3-7-18(14-16-8-5-4-6-9-16)20-19(23)21-12-10-17(11-13-21)15(2)22/h4-6,8-9,15,17-18,22H,3,7,10-14H2,1-2H3,(H,20,23). The van der Waals surface area contributed by atoms with E-state index in [-0.39, 0.29) is 18.2 Å². The van der Waals surface area contributed by atoms with Crippen LogP contribution < -0.4 is 5.32 Å². The molecule has 1 aliphatic rings. The Morgan fingerprint density at radius 1 is 1.30 bits per heavy atom. The Labute approximate surface area is 139 Å². The molecule has 23 heavy (non-hydrogen) atoms. The van der Waals surface area contributed by atoms with Crippen LogP contribution in [-0.4, -0.2) is 41.3 Å². The molecule has 0 aliphatic carbocycles. The Kier molecular flexibility index (Phi) is 6.90. The molecule has 4 nitrogen and oxygen atoms in total. The molecule has 0 bridgehead atoms. The molecule has 4 heteroatoms. The van der Waals surface area contributed by atoms with Crippen LogP contribution in [-0.2, 0) is 6.42 Å². The number of hydrogen-bond donors (Lipinski definition) is 2. The fraction of sp³-hybridized carbons (Fsp3) is 0.632. The largest absolute Gasteiger partial charge is 0.393 e. The second kappa shape index (κ2) is 8.92. The summed E-state index contributed by atoms with van der Waals surface area (Å²) in [5, 5.41) is 12.9. The van der Waals surface area contributed by atoms with Crippen LogP contribution in [0.1, 0.15) is 45.1 Å². The van der Waals surface area contributed by atoms with Crippen LogP contribution in [0, 0.1) is 5.92 Å². The van der Waals surface area contributed by atoms with Crippen LogP contribution >= 0.6 is 0 Å². The van der Waals surface area contributed by atoms with E-state index in [9.17, 15) is 9.90 Å². The third-order valence-electron chi connectivity index (χ3n) is 4.80. The van der Waals surface area contributed by atoms with Gasteiger partial charge in [0.15, 0.2) is 0 Å². The van der Waals surface area contributed by atoms with Gasteiger partial charge in [0.05, 0.1) is 6.10 Å². The van der Waals surface area contributed by atoms with Crippen molar-refractivity contribution in [3.8, 4) is 0 Å². The number of piperidine rings is 1. The number of nitrogens with one attached hydrogen (secondary N) is 1. The molecule has 1 aromatic rings. The van der Waals surface area contributed by atoms with E-state index in [0.29, 0.717) is 5.92 Å². The molecule has 2 atom stereocenters. The monoisotopic (exact) mass is 318 g/mol. The quantitative estimate of drug-likeness (QED) is 0.846. The van der Waals surface area contributed by atoms with E-state index >= 15 is 0 Å². The highest BCUT2D eigenvalue weighted by Gasteiger charge is 2.26. The van der Waals surface area contributed by atoms with Gasteiger partial charge in [-0.05, 0) is 44.1 Å². The van der Waals surface area contributed by atoms with E-state index in [1.165, 1.54) is 5.56 Å². The Morgan fingerprint density at radius 3 is 2.52 bits per heavy atom. The van der Waals surface area contributed by atoms with Crippen molar-refractivity contribution in [1.29, 1.82) is 0 Å². The summed E-state index contributed by atoms with van der Waals surface area (Å²) in [4.78, 5) is 14.4. The van der Waals surface area contributed by atoms with Gasteiger partial charge in [-0.1, -0.05) is 43.7 Å². The van der Waals surface area contributed by atoms with Gasteiger partial charge in [0.2, 0.25) is 0 Å². The fourth-order valence-corrected chi connectivity index (χ4v) is 3.32. The van der Waals surface area contributed by atoms with Crippen molar-refractivity contribution in [2.24, 2.45) is 5.92 Å². The summed E-state index contributed by atoms with van der Waals surface area (Å²) in [6, 6.07) is 10.6. The number of urea groups is 1. The van der Waals surface area contributed by atoms with Crippen molar-refractivity contribution in [2.45, 2.75) is 58.1 Å². The molecule has 0 saturated carbocycles. The molecule has 1 fully saturated rings. The summed E-state index contributed by atoms with van der Waals surface area (Å²) >= 11 is 0. The Hall–Kier alpha value is -1.55.